The molecule has 6 nitrogen and oxygen atoms in total. The summed E-state index contributed by atoms with van der Waals surface area (Å²) in [4.78, 5) is 0. The molecule has 0 bridgehead atoms. The molecular weight excluding hydrogens is 358 g/mol. The van der Waals surface area contributed by atoms with Crippen LogP contribution in [0.25, 0.3) is 11.4 Å². The molecule has 0 radical (unpaired) electrons. The predicted octanol–water partition coefficient (Wildman–Crippen LogP) is 3.36. The van der Waals surface area contributed by atoms with Gasteiger partial charge in [-0.25, -0.2) is 4.68 Å². The van der Waals surface area contributed by atoms with E-state index in [4.69, 9.17) is 27.4 Å². The lowest BCUT2D eigenvalue weighted by molar-refractivity contribution is 0.344. The molecule has 2 aromatic carbocycles. The fourth-order valence-corrected chi connectivity index (χ4v) is 3.01. The molecule has 1 aromatic heterocycles. The highest BCUT2D eigenvalue weighted by atomic mass is 35.5. The van der Waals surface area contributed by atoms with E-state index in [1.807, 2.05) is 18.2 Å². The number of nitrogen functional groups attached to an aromatic ring is 1. The monoisotopic (exact) mass is 371 g/mol. The van der Waals surface area contributed by atoms with Crippen molar-refractivity contribution < 1.29 is 4.74 Å². The van der Waals surface area contributed by atoms with Gasteiger partial charge in [-0.3, -0.25) is 0 Å². The number of aromatic nitrogens is 3. The predicted molar refractivity (Wildman–Crippen MR) is 98.0 cm³/mol. The van der Waals surface area contributed by atoms with E-state index in [0.717, 1.165) is 5.56 Å². The van der Waals surface area contributed by atoms with Crippen LogP contribution in [0.5, 0.6) is 5.75 Å². The van der Waals surface area contributed by atoms with E-state index in [1.54, 1.807) is 30.3 Å². The maximum Gasteiger partial charge on any atom is 0.210 e. The smallest absolute Gasteiger partial charge is 0.210 e. The Morgan fingerprint density at radius 2 is 1.92 bits per heavy atom. The number of hydrogen-bond acceptors (Lipinski definition) is 6. The van der Waals surface area contributed by atoms with Gasteiger partial charge >= 0.3 is 0 Å². The van der Waals surface area contributed by atoms with Crippen LogP contribution < -0.4 is 10.6 Å². The van der Waals surface area contributed by atoms with Gasteiger partial charge in [0.25, 0.3) is 0 Å². The Morgan fingerprint density at radius 1 is 1.16 bits per heavy atom. The molecule has 0 aliphatic rings. The summed E-state index contributed by atoms with van der Waals surface area (Å²) >= 11 is 7.61. The molecule has 126 valence electrons. The fourth-order valence-electron chi connectivity index (χ4n) is 2.12. The molecule has 1 heterocycles. The van der Waals surface area contributed by atoms with Gasteiger partial charge in [-0.2, -0.15) is 5.26 Å². The minimum Gasteiger partial charge on any atom is -0.493 e. The van der Waals surface area contributed by atoms with Crippen LogP contribution in [-0.2, 0) is 0 Å². The number of thioether (sulfide) groups is 1. The van der Waals surface area contributed by atoms with E-state index in [0.29, 0.717) is 39.7 Å². The first-order chi connectivity index (χ1) is 12.2. The number of halogens is 1. The van der Waals surface area contributed by atoms with Gasteiger partial charge in [-0.15, -0.1) is 10.2 Å². The molecule has 0 unspecified atom stereocenters. The number of nitrogens with two attached hydrogens (primary N) is 1. The zero-order valence-corrected chi connectivity index (χ0v) is 14.7. The zero-order chi connectivity index (χ0) is 17.6. The maximum atomic E-state index is 8.77. The van der Waals surface area contributed by atoms with E-state index in [9.17, 15) is 0 Å². The van der Waals surface area contributed by atoms with Crippen LogP contribution in [0.4, 0.5) is 0 Å². The highest BCUT2D eigenvalue weighted by Crippen LogP contribution is 2.27. The minimum atomic E-state index is 0.477. The van der Waals surface area contributed by atoms with Gasteiger partial charge in [0.15, 0.2) is 5.82 Å². The lowest BCUT2D eigenvalue weighted by atomic mass is 10.2. The Morgan fingerprint density at radius 3 is 2.64 bits per heavy atom. The van der Waals surface area contributed by atoms with E-state index in [2.05, 4.69) is 16.3 Å². The second kappa shape index (κ2) is 7.92. The maximum absolute atomic E-state index is 8.77. The van der Waals surface area contributed by atoms with Crippen LogP contribution in [0.3, 0.4) is 0 Å². The summed E-state index contributed by atoms with van der Waals surface area (Å²) < 4.78 is 7.05. The highest BCUT2D eigenvalue weighted by molar-refractivity contribution is 7.99. The molecule has 0 saturated heterocycles. The Balaban J connectivity index is 1.57. The van der Waals surface area contributed by atoms with E-state index in [1.165, 1.54) is 16.4 Å². The van der Waals surface area contributed by atoms with Crippen molar-refractivity contribution in [3.63, 3.8) is 0 Å². The van der Waals surface area contributed by atoms with Crippen LogP contribution in [0.1, 0.15) is 5.56 Å². The number of ether oxygens (including phenoxy) is 1. The lowest BCUT2D eigenvalue weighted by Gasteiger charge is -2.06. The van der Waals surface area contributed by atoms with Crippen LogP contribution in [-0.4, -0.2) is 27.2 Å². The molecule has 3 aromatic rings. The molecule has 0 aliphatic carbocycles. The van der Waals surface area contributed by atoms with Crippen LogP contribution in [0, 0.1) is 11.3 Å². The van der Waals surface area contributed by atoms with Gasteiger partial charge in [-0.05, 0) is 36.4 Å². The summed E-state index contributed by atoms with van der Waals surface area (Å²) in [6.07, 6.45) is 0. The molecule has 0 saturated carbocycles. The number of benzene rings is 2. The second-order valence-corrected chi connectivity index (χ2v) is 6.46. The van der Waals surface area contributed by atoms with Crippen molar-refractivity contribution in [1.82, 2.24) is 14.9 Å². The standard InChI is InChI=1S/C17H14ClN5OS/c18-15-4-2-1-3-14(15)16-21-22-17(23(16)20)25-10-9-24-13-7-5-12(11-19)6-8-13/h1-8H,9-10,20H2. The van der Waals surface area contributed by atoms with Crippen molar-refractivity contribution in [3.8, 4) is 23.2 Å². The zero-order valence-electron chi connectivity index (χ0n) is 13.1. The number of rotatable bonds is 6. The third kappa shape index (κ3) is 4.05. The van der Waals surface area contributed by atoms with Gasteiger partial charge in [0, 0.05) is 11.3 Å². The molecule has 0 spiro atoms. The third-order valence-corrected chi connectivity index (χ3v) is 4.58. The summed E-state index contributed by atoms with van der Waals surface area (Å²) in [5.74, 6) is 7.95. The van der Waals surface area contributed by atoms with Gasteiger partial charge < -0.3 is 10.6 Å². The molecule has 8 heteroatoms. The van der Waals surface area contributed by atoms with E-state index >= 15 is 0 Å². The van der Waals surface area contributed by atoms with Gasteiger partial charge in [-0.1, -0.05) is 35.5 Å². The normalized spacial score (nSPS) is 10.4. The molecule has 2 N–H and O–H groups in total. The molecular formula is C17H14ClN5OS. The van der Waals surface area contributed by atoms with Crippen LogP contribution in [0.2, 0.25) is 5.02 Å². The third-order valence-electron chi connectivity index (χ3n) is 3.35. The second-order valence-electron chi connectivity index (χ2n) is 4.99. The first-order valence-electron chi connectivity index (χ1n) is 7.40. The van der Waals surface area contributed by atoms with E-state index < -0.39 is 0 Å². The van der Waals surface area contributed by atoms with Crippen molar-refractivity contribution in [2.45, 2.75) is 5.16 Å². The Bertz CT molecular complexity index is 904. The van der Waals surface area contributed by atoms with Crippen molar-refractivity contribution >= 4 is 23.4 Å². The highest BCUT2D eigenvalue weighted by Gasteiger charge is 2.14. The van der Waals surface area contributed by atoms with Crippen molar-refractivity contribution in [1.29, 1.82) is 5.26 Å². The summed E-state index contributed by atoms with van der Waals surface area (Å²) in [5, 5.41) is 18.1. The molecule has 0 aliphatic heterocycles. The average molecular weight is 372 g/mol. The quantitative estimate of drug-likeness (QED) is 0.406. The number of nitriles is 1. The largest absolute Gasteiger partial charge is 0.493 e. The molecule has 25 heavy (non-hydrogen) atoms. The molecule has 0 amide bonds. The van der Waals surface area contributed by atoms with Crippen molar-refractivity contribution in [3.05, 3.63) is 59.1 Å². The first kappa shape index (κ1) is 17.1. The summed E-state index contributed by atoms with van der Waals surface area (Å²) in [7, 11) is 0. The number of hydrogen-bond donors (Lipinski definition) is 1. The fraction of sp³-hybridized carbons (Fsp3) is 0.118. The van der Waals surface area contributed by atoms with Gasteiger partial charge in [0.1, 0.15) is 5.75 Å². The molecule has 0 fully saturated rings. The van der Waals surface area contributed by atoms with Gasteiger partial charge in [0.05, 0.1) is 23.3 Å². The molecule has 3 rings (SSSR count). The van der Waals surface area contributed by atoms with Crippen LogP contribution in [0.15, 0.2) is 53.7 Å². The van der Waals surface area contributed by atoms with E-state index in [-0.39, 0.29) is 0 Å². The average Bonchev–Trinajstić information content (AvgIpc) is 3.00. The summed E-state index contributed by atoms with van der Waals surface area (Å²) in [6, 6.07) is 16.4. The van der Waals surface area contributed by atoms with Crippen molar-refractivity contribution in [2.24, 2.45) is 0 Å². The summed E-state index contributed by atoms with van der Waals surface area (Å²) in [5.41, 5.74) is 1.34. The lowest BCUT2D eigenvalue weighted by Crippen LogP contribution is -2.12. The topological polar surface area (TPSA) is 89.8 Å². The Kier molecular flexibility index (Phi) is 5.43. The SMILES string of the molecule is N#Cc1ccc(OCCSc2nnc(-c3ccccc3Cl)n2N)cc1. The Labute approximate surface area is 154 Å². The molecule has 0 atom stereocenters. The first-order valence-corrected chi connectivity index (χ1v) is 8.76. The van der Waals surface area contributed by atoms with Crippen LogP contribution >= 0.6 is 23.4 Å². The number of nitrogens with zero attached hydrogens (tertiary/aromatic N) is 4. The Hall–Kier alpha value is -2.69. The van der Waals surface area contributed by atoms with Gasteiger partial charge in [0.2, 0.25) is 5.16 Å². The minimum absolute atomic E-state index is 0.477. The summed E-state index contributed by atoms with van der Waals surface area (Å²) in [6.45, 7) is 0.477. The van der Waals surface area contributed by atoms with Crippen molar-refractivity contribution in [2.75, 3.05) is 18.2 Å².